The van der Waals surface area contributed by atoms with Gasteiger partial charge in [-0.1, -0.05) is 65.0 Å². The van der Waals surface area contributed by atoms with Crippen LogP contribution >= 0.6 is 0 Å². The molecule has 1 aromatic carbocycles. The Morgan fingerprint density at radius 1 is 1.04 bits per heavy atom. The predicted octanol–water partition coefficient (Wildman–Crippen LogP) is 6.27. The topological polar surface area (TPSA) is 115 Å². The average Bonchev–Trinajstić information content (AvgIpc) is 3.71. The monoisotopic (exact) mass is 721 g/mol. The first-order valence-electron chi connectivity index (χ1n) is 20.2. The summed E-state index contributed by atoms with van der Waals surface area (Å²) >= 11 is 0. The van der Waals surface area contributed by atoms with Crippen molar-refractivity contribution in [2.75, 3.05) is 13.2 Å². The summed E-state index contributed by atoms with van der Waals surface area (Å²) < 4.78 is 25.3. The Balaban J connectivity index is 1.01. The number of fused-ring (bicyclic) bond motifs is 4. The lowest BCUT2D eigenvalue weighted by atomic mass is 9.41. The van der Waals surface area contributed by atoms with Gasteiger partial charge >= 0.3 is 5.97 Å². The van der Waals surface area contributed by atoms with Crippen LogP contribution in [0.15, 0.2) is 30.3 Å². The maximum atomic E-state index is 13.6. The third-order valence-corrected chi connectivity index (χ3v) is 16.7. The summed E-state index contributed by atoms with van der Waals surface area (Å²) in [4.78, 5) is 27.6. The van der Waals surface area contributed by atoms with Crippen molar-refractivity contribution < 1.29 is 38.7 Å². The normalized spacial score (nSPS) is 46.9. The minimum atomic E-state index is -1.27. The number of amides is 1. The Kier molecular flexibility index (Phi) is 8.68. The van der Waals surface area contributed by atoms with Gasteiger partial charge < -0.3 is 34.1 Å². The highest BCUT2D eigenvalue weighted by atomic mass is 16.7. The van der Waals surface area contributed by atoms with Crippen molar-refractivity contribution >= 4 is 11.9 Å². The van der Waals surface area contributed by atoms with Crippen molar-refractivity contribution in [1.82, 2.24) is 4.90 Å². The number of hydrogen-bond donors (Lipinski definition) is 2. The van der Waals surface area contributed by atoms with Gasteiger partial charge in [0, 0.05) is 25.4 Å². The fraction of sp³-hybridized carbons (Fsp3) is 0.814. The van der Waals surface area contributed by atoms with Crippen LogP contribution in [-0.4, -0.2) is 82.6 Å². The number of benzene rings is 1. The summed E-state index contributed by atoms with van der Waals surface area (Å²) in [6, 6.07) is 10.1. The fourth-order valence-electron chi connectivity index (χ4n) is 14.4. The molecule has 7 fully saturated rings. The highest BCUT2D eigenvalue weighted by molar-refractivity contribution is 5.80. The Morgan fingerprint density at radius 2 is 1.73 bits per heavy atom. The Bertz CT molecular complexity index is 1560. The Hall–Kier alpha value is -2.04. The summed E-state index contributed by atoms with van der Waals surface area (Å²) in [5.41, 5.74) is -0.327. The number of carbonyl (C=O) groups excluding carboxylic acids is 2. The first kappa shape index (κ1) is 36.9. The van der Waals surface area contributed by atoms with Crippen LogP contribution < -0.4 is 0 Å². The summed E-state index contributed by atoms with van der Waals surface area (Å²) in [7, 11) is 0. The zero-order chi connectivity index (χ0) is 37.2. The number of esters is 1. The molecule has 0 radical (unpaired) electrons. The lowest BCUT2D eigenvalue weighted by Gasteiger charge is -2.63. The van der Waals surface area contributed by atoms with Crippen LogP contribution in [0.2, 0.25) is 0 Å². The molecular weight excluding hydrogens is 658 g/mol. The van der Waals surface area contributed by atoms with Gasteiger partial charge in [0.25, 0.3) is 5.91 Å². The molecule has 5 saturated carbocycles. The number of hydrogen-bond acceptors (Lipinski definition) is 8. The molecule has 288 valence electrons. The summed E-state index contributed by atoms with van der Waals surface area (Å²) in [6.07, 6.45) is 4.99. The van der Waals surface area contributed by atoms with Crippen LogP contribution in [0.5, 0.6) is 0 Å². The number of nitrogens with zero attached hydrogens (tertiary/aromatic N) is 1. The molecule has 0 bridgehead atoms. The highest BCUT2D eigenvalue weighted by Gasteiger charge is 2.84. The average molecular weight is 722 g/mol. The molecular formula is C43H63NO8. The van der Waals surface area contributed by atoms with E-state index in [1.165, 1.54) is 19.8 Å². The molecule has 2 aliphatic heterocycles. The maximum absolute atomic E-state index is 13.6. The minimum Gasteiger partial charge on any atom is -0.457 e. The quantitative estimate of drug-likeness (QED) is 0.317. The van der Waals surface area contributed by atoms with E-state index in [4.69, 9.17) is 18.9 Å². The van der Waals surface area contributed by atoms with Crippen LogP contribution in [0.1, 0.15) is 112 Å². The molecule has 9 nitrogen and oxygen atoms in total. The zero-order valence-electron chi connectivity index (χ0n) is 32.7. The number of ether oxygens (including phenoxy) is 4. The summed E-state index contributed by atoms with van der Waals surface area (Å²) in [5.74, 6) is 0.765. The van der Waals surface area contributed by atoms with Crippen molar-refractivity contribution in [2.24, 2.45) is 50.7 Å². The molecule has 7 aliphatic rings. The van der Waals surface area contributed by atoms with Crippen LogP contribution in [0, 0.1) is 50.7 Å². The molecule has 1 aromatic rings. The maximum Gasteiger partial charge on any atom is 0.303 e. The lowest BCUT2D eigenvalue weighted by Crippen LogP contribution is -2.60. The number of morpholine rings is 1. The van der Waals surface area contributed by atoms with E-state index in [1.54, 1.807) is 13.8 Å². The predicted molar refractivity (Wildman–Crippen MR) is 194 cm³/mol. The van der Waals surface area contributed by atoms with E-state index in [0.29, 0.717) is 38.0 Å². The van der Waals surface area contributed by atoms with E-state index in [9.17, 15) is 19.8 Å². The number of aliphatic hydroxyl groups excluding tert-OH is 1. The van der Waals surface area contributed by atoms with Gasteiger partial charge in [-0.25, -0.2) is 0 Å². The first-order chi connectivity index (χ1) is 24.4. The molecule has 52 heavy (non-hydrogen) atoms. The van der Waals surface area contributed by atoms with Crippen molar-refractivity contribution in [3.05, 3.63) is 35.9 Å². The summed E-state index contributed by atoms with van der Waals surface area (Å²) in [6.45, 7) is 18.2. The molecule has 6 unspecified atom stereocenters. The molecule has 14 atom stereocenters. The van der Waals surface area contributed by atoms with Gasteiger partial charge in [-0.15, -0.1) is 0 Å². The van der Waals surface area contributed by atoms with E-state index in [1.807, 2.05) is 23.1 Å². The number of rotatable bonds is 7. The van der Waals surface area contributed by atoms with E-state index in [2.05, 4.69) is 46.8 Å². The second kappa shape index (κ2) is 12.2. The Labute approximate surface area is 310 Å². The molecule has 8 rings (SSSR count). The van der Waals surface area contributed by atoms with Crippen LogP contribution in [0.3, 0.4) is 0 Å². The van der Waals surface area contributed by atoms with E-state index >= 15 is 0 Å². The van der Waals surface area contributed by atoms with E-state index < -0.39 is 36.2 Å². The van der Waals surface area contributed by atoms with E-state index in [-0.39, 0.29) is 57.0 Å². The smallest absolute Gasteiger partial charge is 0.303 e. The largest absolute Gasteiger partial charge is 0.457 e. The van der Waals surface area contributed by atoms with Gasteiger partial charge in [-0.3, -0.25) is 9.59 Å². The molecule has 5 aliphatic carbocycles. The highest BCUT2D eigenvalue weighted by Crippen LogP contribution is 2.89. The zero-order valence-corrected chi connectivity index (χ0v) is 32.7. The van der Waals surface area contributed by atoms with Gasteiger partial charge in [0.1, 0.15) is 0 Å². The first-order valence-corrected chi connectivity index (χ1v) is 20.2. The van der Waals surface area contributed by atoms with Gasteiger partial charge in [0.2, 0.25) is 6.29 Å². The molecule has 2 spiro atoms. The Morgan fingerprint density at radius 3 is 2.42 bits per heavy atom. The van der Waals surface area contributed by atoms with Gasteiger partial charge in [0.15, 0.2) is 6.10 Å². The molecule has 2 heterocycles. The molecule has 2 saturated heterocycles. The molecule has 0 aromatic heterocycles. The lowest BCUT2D eigenvalue weighted by molar-refractivity contribution is -0.244. The van der Waals surface area contributed by atoms with Crippen LogP contribution in [-0.2, 0) is 35.1 Å². The van der Waals surface area contributed by atoms with Crippen molar-refractivity contribution in [2.45, 2.75) is 156 Å². The third kappa shape index (κ3) is 5.10. The number of aliphatic hydroxyl groups is 2. The standard InChI is InChI=1S/C43H63NO8/c1-25-22-28(35(39(5,6)48)50-26(2)45)51-33-32(25)40(7)18-19-43-24-42(43)17-16-31(38(3,4)29(42)14-15-30(43)41(40,8)34(33)46)52-37-36(47)44(20-21-49-37)23-27-12-10-9-11-13-27/h9-13,25,28-35,37,46,48H,14-24H2,1-8H3/t25-,28?,29+,30?,31+,32+,33?,34+,35+,37?,40?,41-,42?,43+/m1/s1. The van der Waals surface area contributed by atoms with Gasteiger partial charge in [-0.2, -0.15) is 0 Å². The van der Waals surface area contributed by atoms with Crippen LogP contribution in [0.4, 0.5) is 0 Å². The molecule has 2 N–H and O–H groups in total. The van der Waals surface area contributed by atoms with Crippen molar-refractivity contribution in [3.63, 3.8) is 0 Å². The summed E-state index contributed by atoms with van der Waals surface area (Å²) in [5, 5.41) is 23.7. The van der Waals surface area contributed by atoms with Crippen molar-refractivity contribution in [3.8, 4) is 0 Å². The second-order valence-corrected chi connectivity index (χ2v) is 19.8. The SMILES string of the molecule is CC(=O)O[C@@H](C1C[C@@H](C)[C@H]2C(O1)[C@H](O)[C@@]1(C)C3CC[C@H]4C(C)(C)[C@@H](OC5OCCN(Cc6ccccc6)C5=O)CCC45C[C@@]35CCC21C)C(C)(C)O. The van der Waals surface area contributed by atoms with Crippen LogP contribution in [0.25, 0.3) is 0 Å². The number of carbonyl (C=O) groups is 2. The fourth-order valence-corrected chi connectivity index (χ4v) is 14.4. The molecule has 1 amide bonds. The second-order valence-electron chi connectivity index (χ2n) is 19.8. The van der Waals surface area contributed by atoms with Gasteiger partial charge in [0.05, 0.1) is 36.6 Å². The van der Waals surface area contributed by atoms with Crippen molar-refractivity contribution in [1.29, 1.82) is 0 Å². The minimum absolute atomic E-state index is 0.0699. The van der Waals surface area contributed by atoms with E-state index in [0.717, 1.165) is 37.7 Å². The molecule has 9 heteroatoms. The third-order valence-electron chi connectivity index (χ3n) is 16.7. The van der Waals surface area contributed by atoms with Gasteiger partial charge in [-0.05, 0) is 116 Å².